The van der Waals surface area contributed by atoms with E-state index < -0.39 is 23.7 Å². The molecule has 26 heavy (non-hydrogen) atoms. The van der Waals surface area contributed by atoms with Gasteiger partial charge in [-0.1, -0.05) is 72.8 Å². The number of benzene rings is 2. The molecule has 134 valence electrons. The van der Waals surface area contributed by atoms with Crippen LogP contribution in [0.2, 0.25) is 0 Å². The molecule has 3 amide bonds. The van der Waals surface area contributed by atoms with Gasteiger partial charge in [-0.05, 0) is 11.1 Å². The van der Waals surface area contributed by atoms with Crippen molar-refractivity contribution in [3.63, 3.8) is 0 Å². The average Bonchev–Trinajstić information content (AvgIpc) is 2.89. The average molecular weight is 360 g/mol. The second kappa shape index (κ2) is 6.67. The maximum absolute atomic E-state index is 13.8. The van der Waals surface area contributed by atoms with Crippen LogP contribution in [-0.2, 0) is 10.3 Å². The normalized spacial score (nSPS) is 20.7. The van der Waals surface area contributed by atoms with E-state index in [1.54, 1.807) is 30.3 Å². The number of imide groups is 1. The standard InChI is InChI=1S/C19H15F3N2O2/c20-19(21,22)18(15-11-5-2-6-12-15)16(25)24(17(26)23-18)13-7-10-14-8-3-1-4-9-14/h1-12H,13H2,(H,23,26)/b10-7-/t18-/m1/s1. The highest BCUT2D eigenvalue weighted by Gasteiger charge is 2.68. The number of amides is 3. The van der Waals surface area contributed by atoms with Crippen LogP contribution in [0.4, 0.5) is 18.0 Å². The summed E-state index contributed by atoms with van der Waals surface area (Å²) in [6, 6.07) is 14.6. The molecule has 4 nitrogen and oxygen atoms in total. The van der Waals surface area contributed by atoms with E-state index in [-0.39, 0.29) is 12.1 Å². The number of hydrogen-bond donors (Lipinski definition) is 1. The number of hydrogen-bond acceptors (Lipinski definition) is 2. The fraction of sp³-hybridized carbons (Fsp3) is 0.158. The Hall–Kier alpha value is -3.09. The van der Waals surface area contributed by atoms with E-state index in [0.29, 0.717) is 4.90 Å². The number of rotatable bonds is 4. The summed E-state index contributed by atoms with van der Waals surface area (Å²) in [6.45, 7) is -0.260. The Labute approximate surface area is 147 Å². The van der Waals surface area contributed by atoms with Crippen molar-refractivity contribution in [3.05, 3.63) is 77.9 Å². The minimum atomic E-state index is -4.97. The summed E-state index contributed by atoms with van der Waals surface area (Å²) < 4.78 is 41.4. The van der Waals surface area contributed by atoms with Crippen molar-refractivity contribution in [2.24, 2.45) is 0 Å². The Morgan fingerprint density at radius 1 is 0.962 bits per heavy atom. The van der Waals surface area contributed by atoms with Gasteiger partial charge in [-0.3, -0.25) is 9.69 Å². The van der Waals surface area contributed by atoms with Crippen molar-refractivity contribution < 1.29 is 22.8 Å². The Kier molecular flexibility index (Phi) is 4.54. The van der Waals surface area contributed by atoms with Gasteiger partial charge < -0.3 is 5.32 Å². The third kappa shape index (κ3) is 2.96. The van der Waals surface area contributed by atoms with Gasteiger partial charge in [-0.25, -0.2) is 4.79 Å². The maximum atomic E-state index is 13.8. The van der Waals surface area contributed by atoms with Crippen LogP contribution < -0.4 is 5.32 Å². The molecule has 7 heteroatoms. The van der Waals surface area contributed by atoms with Gasteiger partial charge in [0.1, 0.15) is 0 Å². The van der Waals surface area contributed by atoms with Crippen LogP contribution in [0.15, 0.2) is 66.7 Å². The van der Waals surface area contributed by atoms with Gasteiger partial charge in [0.25, 0.3) is 5.91 Å². The number of alkyl halides is 3. The van der Waals surface area contributed by atoms with Crippen molar-refractivity contribution >= 4 is 18.0 Å². The second-order valence-electron chi connectivity index (χ2n) is 5.77. The van der Waals surface area contributed by atoms with Crippen LogP contribution in [-0.4, -0.2) is 29.6 Å². The second-order valence-corrected chi connectivity index (χ2v) is 5.77. The minimum absolute atomic E-state index is 0.260. The quantitative estimate of drug-likeness (QED) is 0.845. The highest BCUT2D eigenvalue weighted by atomic mass is 19.4. The van der Waals surface area contributed by atoms with Crippen LogP contribution in [0, 0.1) is 0 Å². The maximum Gasteiger partial charge on any atom is 0.425 e. The van der Waals surface area contributed by atoms with E-state index in [2.05, 4.69) is 0 Å². The van der Waals surface area contributed by atoms with Gasteiger partial charge in [0.2, 0.25) is 5.54 Å². The van der Waals surface area contributed by atoms with Crippen molar-refractivity contribution in [2.75, 3.05) is 6.54 Å². The molecule has 0 radical (unpaired) electrons. The van der Waals surface area contributed by atoms with Crippen LogP contribution in [0.1, 0.15) is 11.1 Å². The minimum Gasteiger partial charge on any atom is -0.312 e. The van der Waals surface area contributed by atoms with Crippen molar-refractivity contribution in [1.29, 1.82) is 0 Å². The predicted molar refractivity (Wildman–Crippen MR) is 89.9 cm³/mol. The van der Waals surface area contributed by atoms with E-state index in [1.165, 1.54) is 36.4 Å². The van der Waals surface area contributed by atoms with Crippen molar-refractivity contribution in [3.8, 4) is 0 Å². The third-order valence-electron chi connectivity index (χ3n) is 4.14. The lowest BCUT2D eigenvalue weighted by Gasteiger charge is -2.29. The van der Waals surface area contributed by atoms with Gasteiger partial charge in [0, 0.05) is 6.54 Å². The molecule has 1 saturated heterocycles. The molecule has 0 unspecified atom stereocenters. The van der Waals surface area contributed by atoms with Gasteiger partial charge in [0.15, 0.2) is 0 Å². The first-order valence-corrected chi connectivity index (χ1v) is 7.84. The molecule has 0 aliphatic carbocycles. The molecule has 1 atom stereocenters. The molecule has 3 rings (SSSR count). The van der Waals surface area contributed by atoms with Gasteiger partial charge in [0.05, 0.1) is 0 Å². The summed E-state index contributed by atoms with van der Waals surface area (Å²) in [4.78, 5) is 25.3. The number of carbonyl (C=O) groups is 2. The lowest BCUT2D eigenvalue weighted by molar-refractivity contribution is -0.198. The molecule has 0 spiro atoms. The highest BCUT2D eigenvalue weighted by Crippen LogP contribution is 2.43. The number of nitrogens with zero attached hydrogens (tertiary/aromatic N) is 1. The molecule has 0 aromatic heterocycles. The molecule has 2 aromatic carbocycles. The highest BCUT2D eigenvalue weighted by molar-refractivity contribution is 6.08. The van der Waals surface area contributed by atoms with E-state index in [4.69, 9.17) is 0 Å². The van der Waals surface area contributed by atoms with Crippen LogP contribution in [0.25, 0.3) is 6.08 Å². The molecule has 1 aliphatic rings. The molecule has 1 heterocycles. The fourth-order valence-corrected chi connectivity index (χ4v) is 2.84. The van der Waals surface area contributed by atoms with E-state index in [0.717, 1.165) is 5.56 Å². The number of halogens is 3. The zero-order chi connectivity index (χ0) is 18.8. The lowest BCUT2D eigenvalue weighted by Crippen LogP contribution is -2.55. The third-order valence-corrected chi connectivity index (χ3v) is 4.14. The molecule has 1 N–H and O–H groups in total. The van der Waals surface area contributed by atoms with Crippen LogP contribution in [0.5, 0.6) is 0 Å². The largest absolute Gasteiger partial charge is 0.425 e. The Bertz CT molecular complexity index is 835. The summed E-state index contributed by atoms with van der Waals surface area (Å²) in [5.41, 5.74) is -2.57. The van der Waals surface area contributed by atoms with E-state index >= 15 is 0 Å². The smallest absolute Gasteiger partial charge is 0.312 e. The summed E-state index contributed by atoms with van der Waals surface area (Å²) in [5.74, 6) is -1.33. The zero-order valence-corrected chi connectivity index (χ0v) is 13.5. The van der Waals surface area contributed by atoms with Gasteiger partial charge in [-0.2, -0.15) is 13.2 Å². The van der Waals surface area contributed by atoms with E-state index in [1.807, 2.05) is 11.4 Å². The summed E-state index contributed by atoms with van der Waals surface area (Å²) in [6.07, 6.45) is -1.86. The topological polar surface area (TPSA) is 49.4 Å². The summed E-state index contributed by atoms with van der Waals surface area (Å²) >= 11 is 0. The van der Waals surface area contributed by atoms with Crippen LogP contribution in [0.3, 0.4) is 0 Å². The SMILES string of the molecule is O=C1N[C@@](c2ccccc2)(C(F)(F)F)C(=O)N1C/C=C\c1ccccc1. The monoisotopic (exact) mass is 360 g/mol. The molecule has 0 bridgehead atoms. The van der Waals surface area contributed by atoms with Crippen LogP contribution >= 0.6 is 0 Å². The number of nitrogens with one attached hydrogen (secondary N) is 1. The van der Waals surface area contributed by atoms with E-state index in [9.17, 15) is 22.8 Å². The first-order chi connectivity index (χ1) is 12.4. The Balaban J connectivity index is 1.90. The van der Waals surface area contributed by atoms with Gasteiger partial charge >= 0.3 is 12.2 Å². The lowest BCUT2D eigenvalue weighted by atomic mass is 9.89. The fourth-order valence-electron chi connectivity index (χ4n) is 2.84. The Morgan fingerprint density at radius 2 is 1.54 bits per heavy atom. The summed E-state index contributed by atoms with van der Waals surface area (Å²) in [5, 5.41) is 1.85. The Morgan fingerprint density at radius 3 is 2.12 bits per heavy atom. The first kappa shape index (κ1) is 17.7. The molecule has 2 aromatic rings. The molecular weight excluding hydrogens is 345 g/mol. The number of urea groups is 1. The number of carbonyl (C=O) groups excluding carboxylic acids is 2. The zero-order valence-electron chi connectivity index (χ0n) is 13.5. The van der Waals surface area contributed by atoms with Gasteiger partial charge in [-0.15, -0.1) is 0 Å². The molecule has 0 saturated carbocycles. The molecule has 1 aliphatic heterocycles. The molecule has 1 fully saturated rings. The first-order valence-electron chi connectivity index (χ1n) is 7.84. The summed E-state index contributed by atoms with van der Waals surface area (Å²) in [7, 11) is 0. The van der Waals surface area contributed by atoms with Crippen molar-refractivity contribution in [2.45, 2.75) is 11.7 Å². The predicted octanol–water partition coefficient (Wildman–Crippen LogP) is 3.71. The molecular formula is C19H15F3N2O2. The van der Waals surface area contributed by atoms with Crippen molar-refractivity contribution in [1.82, 2.24) is 10.2 Å².